The van der Waals surface area contributed by atoms with Gasteiger partial charge in [0.05, 0.1) is 11.3 Å². The van der Waals surface area contributed by atoms with E-state index < -0.39 is 17.8 Å². The zero-order valence-electron chi connectivity index (χ0n) is 13.3. The van der Waals surface area contributed by atoms with E-state index in [0.29, 0.717) is 12.6 Å². The number of carbonyl (C=O) groups excluding carboxylic acids is 1. The van der Waals surface area contributed by atoms with Gasteiger partial charge in [0.25, 0.3) is 0 Å². The monoisotopic (exact) mass is 329 g/mol. The molecule has 2 N–H and O–H groups in total. The number of hydrogen-bond acceptors (Lipinski definition) is 2. The quantitative estimate of drug-likeness (QED) is 0.888. The number of benzene rings is 1. The molecule has 23 heavy (non-hydrogen) atoms. The average molecular weight is 329 g/mol. The molecule has 0 aliphatic carbocycles. The number of urea groups is 1. The highest BCUT2D eigenvalue weighted by Gasteiger charge is 2.33. The number of carbonyl (C=O) groups is 1. The maximum absolute atomic E-state index is 12.9. The lowest BCUT2D eigenvalue weighted by Gasteiger charge is -2.35. The molecule has 0 spiro atoms. The van der Waals surface area contributed by atoms with E-state index in [2.05, 4.69) is 29.4 Å². The van der Waals surface area contributed by atoms with Gasteiger partial charge in [0.2, 0.25) is 0 Å². The van der Waals surface area contributed by atoms with Gasteiger partial charge in [-0.15, -0.1) is 0 Å². The van der Waals surface area contributed by atoms with Gasteiger partial charge in [-0.25, -0.2) is 4.79 Å². The molecule has 0 bridgehead atoms. The van der Waals surface area contributed by atoms with Gasteiger partial charge in [-0.2, -0.15) is 13.2 Å². The summed E-state index contributed by atoms with van der Waals surface area (Å²) in [7, 11) is 0. The average Bonchev–Trinajstić information content (AvgIpc) is 2.46. The van der Waals surface area contributed by atoms with Crippen LogP contribution in [-0.4, -0.2) is 36.1 Å². The minimum absolute atomic E-state index is 0.0517. The fourth-order valence-corrected chi connectivity index (χ4v) is 2.78. The zero-order chi connectivity index (χ0) is 17.0. The Hall–Kier alpha value is -1.76. The van der Waals surface area contributed by atoms with Crippen molar-refractivity contribution in [3.05, 3.63) is 29.8 Å². The predicted molar refractivity (Wildman–Crippen MR) is 83.3 cm³/mol. The summed E-state index contributed by atoms with van der Waals surface area (Å²) in [5, 5.41) is 5.09. The van der Waals surface area contributed by atoms with Crippen LogP contribution in [0.15, 0.2) is 24.3 Å². The number of rotatable bonds is 3. The van der Waals surface area contributed by atoms with Crippen LogP contribution in [0.2, 0.25) is 0 Å². The maximum Gasteiger partial charge on any atom is 0.418 e. The Balaban J connectivity index is 1.98. The molecule has 1 saturated heterocycles. The van der Waals surface area contributed by atoms with E-state index in [1.807, 2.05) is 0 Å². The molecule has 1 aromatic rings. The summed E-state index contributed by atoms with van der Waals surface area (Å²) in [6.45, 7) is 5.87. The van der Waals surface area contributed by atoms with Gasteiger partial charge >= 0.3 is 12.2 Å². The van der Waals surface area contributed by atoms with Crippen LogP contribution in [0.25, 0.3) is 0 Å². The van der Waals surface area contributed by atoms with Crippen LogP contribution < -0.4 is 10.6 Å². The van der Waals surface area contributed by atoms with E-state index in [1.54, 1.807) is 0 Å². The number of anilines is 1. The highest BCUT2D eigenvalue weighted by atomic mass is 19.4. The van der Waals surface area contributed by atoms with Gasteiger partial charge in [-0.05, 0) is 45.4 Å². The SMILES string of the molecule is CC(C)N1CCC[C@@H](NC(=O)Nc2ccccc2C(F)(F)F)C1. The highest BCUT2D eigenvalue weighted by Crippen LogP contribution is 2.34. The first-order chi connectivity index (χ1) is 10.8. The molecule has 7 heteroatoms. The lowest BCUT2D eigenvalue weighted by molar-refractivity contribution is -0.136. The molecule has 4 nitrogen and oxygen atoms in total. The number of piperidine rings is 1. The second kappa shape index (κ2) is 7.21. The summed E-state index contributed by atoms with van der Waals surface area (Å²) < 4.78 is 38.8. The summed E-state index contributed by atoms with van der Waals surface area (Å²) in [4.78, 5) is 14.3. The molecular formula is C16H22F3N3O. The summed E-state index contributed by atoms with van der Waals surface area (Å²) in [5.41, 5.74) is -1.07. The minimum Gasteiger partial charge on any atom is -0.334 e. The molecular weight excluding hydrogens is 307 g/mol. The second-order valence-corrected chi connectivity index (χ2v) is 6.07. The molecule has 2 rings (SSSR count). The van der Waals surface area contributed by atoms with Gasteiger partial charge in [-0.1, -0.05) is 12.1 Å². The predicted octanol–water partition coefficient (Wildman–Crippen LogP) is 3.70. The first kappa shape index (κ1) is 17.6. The Morgan fingerprint density at radius 1 is 1.30 bits per heavy atom. The van der Waals surface area contributed by atoms with E-state index in [-0.39, 0.29) is 11.7 Å². The standard InChI is InChI=1S/C16H22F3N3O/c1-11(2)22-9-5-6-12(10-22)20-15(23)21-14-8-4-3-7-13(14)16(17,18)19/h3-4,7-8,11-12H,5-6,9-10H2,1-2H3,(H2,20,21,23)/t12-/m1/s1. The fourth-order valence-electron chi connectivity index (χ4n) is 2.78. The van der Waals surface area contributed by atoms with Crippen molar-refractivity contribution in [1.82, 2.24) is 10.2 Å². The van der Waals surface area contributed by atoms with Crippen molar-refractivity contribution in [3.8, 4) is 0 Å². The molecule has 1 fully saturated rings. The third-order valence-electron chi connectivity index (χ3n) is 4.00. The largest absolute Gasteiger partial charge is 0.418 e. The van der Waals surface area contributed by atoms with Gasteiger partial charge < -0.3 is 10.6 Å². The van der Waals surface area contributed by atoms with Gasteiger partial charge in [0, 0.05) is 18.6 Å². The molecule has 1 aliphatic heterocycles. The van der Waals surface area contributed by atoms with Crippen LogP contribution in [-0.2, 0) is 6.18 Å². The number of likely N-dealkylation sites (tertiary alicyclic amines) is 1. The number of amides is 2. The molecule has 0 unspecified atom stereocenters. The molecule has 0 radical (unpaired) electrons. The lowest BCUT2D eigenvalue weighted by Crippen LogP contribution is -2.50. The number of hydrogen-bond donors (Lipinski definition) is 2. The van der Waals surface area contributed by atoms with Crippen molar-refractivity contribution < 1.29 is 18.0 Å². The van der Waals surface area contributed by atoms with E-state index in [1.165, 1.54) is 18.2 Å². The van der Waals surface area contributed by atoms with Crippen molar-refractivity contribution in [1.29, 1.82) is 0 Å². The smallest absolute Gasteiger partial charge is 0.334 e. The second-order valence-electron chi connectivity index (χ2n) is 6.07. The van der Waals surface area contributed by atoms with Crippen molar-refractivity contribution >= 4 is 11.7 Å². The Bertz CT molecular complexity index is 546. The summed E-state index contributed by atoms with van der Waals surface area (Å²) in [5.74, 6) is 0. The van der Waals surface area contributed by atoms with E-state index in [0.717, 1.165) is 25.5 Å². The Morgan fingerprint density at radius 3 is 2.65 bits per heavy atom. The van der Waals surface area contributed by atoms with Crippen molar-refractivity contribution in [3.63, 3.8) is 0 Å². The van der Waals surface area contributed by atoms with Crippen LogP contribution in [0.5, 0.6) is 0 Å². The number of nitrogens with zero attached hydrogens (tertiary/aromatic N) is 1. The van der Waals surface area contributed by atoms with E-state index in [4.69, 9.17) is 0 Å². The van der Waals surface area contributed by atoms with Crippen LogP contribution in [0.4, 0.5) is 23.7 Å². The van der Waals surface area contributed by atoms with Crippen molar-refractivity contribution in [2.45, 2.75) is 44.9 Å². The van der Waals surface area contributed by atoms with E-state index in [9.17, 15) is 18.0 Å². The molecule has 128 valence electrons. The first-order valence-corrected chi connectivity index (χ1v) is 7.75. The normalized spacial score (nSPS) is 19.7. The van der Waals surface area contributed by atoms with E-state index >= 15 is 0 Å². The molecule has 0 aromatic heterocycles. The van der Waals surface area contributed by atoms with Gasteiger partial charge in [0.15, 0.2) is 0 Å². The third kappa shape index (κ3) is 4.86. The Morgan fingerprint density at radius 2 is 2.00 bits per heavy atom. The van der Waals surface area contributed by atoms with Crippen molar-refractivity contribution in [2.24, 2.45) is 0 Å². The Labute approximate surface area is 134 Å². The minimum atomic E-state index is -4.50. The van der Waals surface area contributed by atoms with Crippen LogP contribution in [0.3, 0.4) is 0 Å². The number of para-hydroxylation sites is 1. The zero-order valence-corrected chi connectivity index (χ0v) is 13.3. The first-order valence-electron chi connectivity index (χ1n) is 7.75. The summed E-state index contributed by atoms with van der Waals surface area (Å²) >= 11 is 0. The number of alkyl halides is 3. The summed E-state index contributed by atoms with van der Waals surface area (Å²) in [6.07, 6.45) is -2.71. The lowest BCUT2D eigenvalue weighted by atomic mass is 10.0. The molecule has 1 aliphatic rings. The summed E-state index contributed by atoms with van der Waals surface area (Å²) in [6, 6.07) is 4.70. The third-order valence-corrected chi connectivity index (χ3v) is 4.00. The molecule has 0 saturated carbocycles. The van der Waals surface area contributed by atoms with Gasteiger partial charge in [0.1, 0.15) is 0 Å². The Kier molecular flexibility index (Phi) is 5.51. The number of halogens is 3. The highest BCUT2D eigenvalue weighted by molar-refractivity contribution is 5.90. The topological polar surface area (TPSA) is 44.4 Å². The maximum atomic E-state index is 12.9. The molecule has 1 heterocycles. The number of nitrogens with one attached hydrogen (secondary N) is 2. The van der Waals surface area contributed by atoms with Crippen LogP contribution in [0, 0.1) is 0 Å². The van der Waals surface area contributed by atoms with Crippen molar-refractivity contribution in [2.75, 3.05) is 18.4 Å². The molecule has 1 aromatic carbocycles. The molecule has 2 amide bonds. The fraction of sp³-hybridized carbons (Fsp3) is 0.562. The molecule has 1 atom stereocenters. The van der Waals surface area contributed by atoms with Gasteiger partial charge in [-0.3, -0.25) is 4.90 Å². The van der Waals surface area contributed by atoms with Crippen LogP contribution >= 0.6 is 0 Å². The van der Waals surface area contributed by atoms with Crippen LogP contribution in [0.1, 0.15) is 32.3 Å².